The van der Waals surface area contributed by atoms with Gasteiger partial charge < -0.3 is 4.90 Å². The fourth-order valence-electron chi connectivity index (χ4n) is 3.48. The Hall–Kier alpha value is -2.31. The second kappa shape index (κ2) is 7.29. The summed E-state index contributed by atoms with van der Waals surface area (Å²) < 4.78 is 15.7. The van der Waals surface area contributed by atoms with E-state index < -0.39 is 5.54 Å². The summed E-state index contributed by atoms with van der Waals surface area (Å²) in [6.07, 6.45) is 3.65. The van der Waals surface area contributed by atoms with Crippen molar-refractivity contribution in [3.63, 3.8) is 0 Å². The summed E-state index contributed by atoms with van der Waals surface area (Å²) in [6, 6.07) is 6.70. The Kier molecular flexibility index (Phi) is 5.11. The molecule has 7 heteroatoms. The van der Waals surface area contributed by atoms with Gasteiger partial charge in [0.1, 0.15) is 11.4 Å². The topological polar surface area (TPSA) is 63.9 Å². The molecule has 6 nitrogen and oxygen atoms in total. The van der Waals surface area contributed by atoms with E-state index in [1.165, 1.54) is 6.07 Å². The smallest absolute Gasteiger partial charge is 0.223 e. The van der Waals surface area contributed by atoms with Gasteiger partial charge in [0.25, 0.3) is 0 Å². The zero-order chi connectivity index (χ0) is 17.9. The number of amides is 1. The largest absolute Gasteiger partial charge is 0.330 e. The number of nitrogens with zero attached hydrogens (tertiary/aromatic N) is 5. The summed E-state index contributed by atoms with van der Waals surface area (Å²) >= 11 is 0. The quantitative estimate of drug-likeness (QED) is 0.774. The average Bonchev–Trinajstić information content (AvgIpc) is 3.19. The average molecular weight is 345 g/mol. The number of rotatable bonds is 7. The Balaban J connectivity index is 1.81. The third kappa shape index (κ3) is 3.41. The van der Waals surface area contributed by atoms with E-state index in [1.54, 1.807) is 16.8 Å². The molecule has 25 heavy (non-hydrogen) atoms. The molecule has 1 fully saturated rings. The summed E-state index contributed by atoms with van der Waals surface area (Å²) in [5, 5.41) is 12.1. The van der Waals surface area contributed by atoms with Crippen LogP contribution in [-0.2, 0) is 23.3 Å². The highest BCUT2D eigenvalue weighted by Gasteiger charge is 2.46. The van der Waals surface area contributed by atoms with Crippen LogP contribution < -0.4 is 0 Å². The standard InChI is InChI=1S/C18H24FN5O/c1-3-4-12-24-17(20-21-22-24)18(2)11-9-16(25)23(18)13-10-14-7-5-6-8-15(14)19/h5-8H,3-4,9-13H2,1-2H3. The second-order valence-corrected chi connectivity index (χ2v) is 6.74. The van der Waals surface area contributed by atoms with Crippen LogP contribution in [0.4, 0.5) is 4.39 Å². The first-order valence-electron chi connectivity index (χ1n) is 8.87. The van der Waals surface area contributed by atoms with Gasteiger partial charge in [-0.1, -0.05) is 31.5 Å². The second-order valence-electron chi connectivity index (χ2n) is 6.74. The van der Waals surface area contributed by atoms with Gasteiger partial charge in [0, 0.05) is 19.5 Å². The normalized spacial score (nSPS) is 20.4. The third-order valence-corrected chi connectivity index (χ3v) is 5.02. The van der Waals surface area contributed by atoms with Gasteiger partial charge in [-0.05, 0) is 48.2 Å². The molecule has 1 unspecified atom stereocenters. The van der Waals surface area contributed by atoms with E-state index >= 15 is 0 Å². The van der Waals surface area contributed by atoms with Crippen molar-refractivity contribution in [2.45, 2.75) is 58.0 Å². The lowest BCUT2D eigenvalue weighted by Gasteiger charge is -2.34. The molecule has 2 aromatic rings. The van der Waals surface area contributed by atoms with Crippen molar-refractivity contribution in [2.24, 2.45) is 0 Å². The molecule has 2 heterocycles. The van der Waals surface area contributed by atoms with Gasteiger partial charge in [-0.25, -0.2) is 9.07 Å². The van der Waals surface area contributed by atoms with Crippen molar-refractivity contribution < 1.29 is 9.18 Å². The molecule has 1 aromatic heterocycles. The van der Waals surface area contributed by atoms with Gasteiger partial charge in [0.15, 0.2) is 5.82 Å². The number of unbranched alkanes of at least 4 members (excludes halogenated alkanes) is 1. The highest BCUT2D eigenvalue weighted by molar-refractivity contribution is 5.79. The molecule has 0 bridgehead atoms. The fourth-order valence-corrected chi connectivity index (χ4v) is 3.48. The number of halogens is 1. The van der Waals surface area contributed by atoms with Crippen LogP contribution in [0.3, 0.4) is 0 Å². The maximum Gasteiger partial charge on any atom is 0.223 e. The zero-order valence-corrected chi connectivity index (χ0v) is 14.8. The lowest BCUT2D eigenvalue weighted by atomic mass is 9.97. The molecule has 0 N–H and O–H groups in total. The van der Waals surface area contributed by atoms with Gasteiger partial charge in [0.05, 0.1) is 0 Å². The maximum atomic E-state index is 13.9. The predicted molar refractivity (Wildman–Crippen MR) is 91.1 cm³/mol. The molecule has 1 atom stereocenters. The van der Waals surface area contributed by atoms with E-state index in [4.69, 9.17) is 0 Å². The Bertz CT molecular complexity index is 747. The van der Waals surface area contributed by atoms with Crippen LogP contribution in [0.15, 0.2) is 24.3 Å². The van der Waals surface area contributed by atoms with Crippen LogP contribution in [0.1, 0.15) is 50.9 Å². The molecule has 1 aliphatic rings. The van der Waals surface area contributed by atoms with E-state index in [9.17, 15) is 9.18 Å². The molecule has 3 rings (SSSR count). The Morgan fingerprint density at radius 3 is 2.84 bits per heavy atom. The van der Waals surface area contributed by atoms with Gasteiger partial charge in [-0.3, -0.25) is 4.79 Å². The highest BCUT2D eigenvalue weighted by atomic mass is 19.1. The van der Waals surface area contributed by atoms with Crippen LogP contribution in [0, 0.1) is 5.82 Å². The number of aromatic nitrogens is 4. The van der Waals surface area contributed by atoms with E-state index in [2.05, 4.69) is 22.4 Å². The molecule has 1 aromatic carbocycles. The highest BCUT2D eigenvalue weighted by Crippen LogP contribution is 2.38. The van der Waals surface area contributed by atoms with E-state index in [0.717, 1.165) is 25.2 Å². The number of tetrazole rings is 1. The first-order chi connectivity index (χ1) is 12.1. The first-order valence-corrected chi connectivity index (χ1v) is 8.87. The number of hydrogen-bond donors (Lipinski definition) is 0. The summed E-state index contributed by atoms with van der Waals surface area (Å²) in [4.78, 5) is 14.3. The Labute approximate surface area is 147 Å². The van der Waals surface area contributed by atoms with Gasteiger partial charge in [-0.15, -0.1) is 5.10 Å². The lowest BCUT2D eigenvalue weighted by Crippen LogP contribution is -2.44. The van der Waals surface area contributed by atoms with Crippen molar-refractivity contribution in [1.29, 1.82) is 0 Å². The molecule has 0 spiro atoms. The molecule has 0 saturated carbocycles. The third-order valence-electron chi connectivity index (χ3n) is 5.02. The van der Waals surface area contributed by atoms with Crippen LogP contribution >= 0.6 is 0 Å². The monoisotopic (exact) mass is 345 g/mol. The SMILES string of the molecule is CCCCn1nnnc1C1(C)CCC(=O)N1CCc1ccccc1F. The number of aryl methyl sites for hydroxylation is 1. The first kappa shape index (κ1) is 17.5. The minimum atomic E-state index is -0.542. The van der Waals surface area contributed by atoms with Gasteiger partial charge in [0.2, 0.25) is 5.91 Å². The van der Waals surface area contributed by atoms with Crippen LogP contribution in [0.5, 0.6) is 0 Å². The molecular formula is C18H24FN5O. The minimum Gasteiger partial charge on any atom is -0.330 e. The molecule has 1 aliphatic heterocycles. The van der Waals surface area contributed by atoms with E-state index in [0.29, 0.717) is 31.4 Å². The van der Waals surface area contributed by atoms with Crippen molar-refractivity contribution >= 4 is 5.91 Å². The van der Waals surface area contributed by atoms with Gasteiger partial charge >= 0.3 is 0 Å². The molecule has 0 radical (unpaired) electrons. The molecule has 0 aliphatic carbocycles. The predicted octanol–water partition coefficient (Wildman–Crippen LogP) is 2.69. The fraction of sp³-hybridized carbons (Fsp3) is 0.556. The lowest BCUT2D eigenvalue weighted by molar-refractivity contribution is -0.131. The van der Waals surface area contributed by atoms with Crippen LogP contribution in [0.25, 0.3) is 0 Å². The number of hydrogen-bond acceptors (Lipinski definition) is 4. The number of carbonyl (C=O) groups excluding carboxylic acids is 1. The van der Waals surface area contributed by atoms with E-state index in [1.807, 2.05) is 17.9 Å². The minimum absolute atomic E-state index is 0.0730. The van der Waals surface area contributed by atoms with E-state index in [-0.39, 0.29) is 11.7 Å². The molecule has 134 valence electrons. The number of carbonyl (C=O) groups is 1. The maximum absolute atomic E-state index is 13.9. The Morgan fingerprint density at radius 1 is 1.28 bits per heavy atom. The summed E-state index contributed by atoms with van der Waals surface area (Å²) in [5.74, 6) is 0.563. The van der Waals surface area contributed by atoms with Crippen molar-refractivity contribution in [3.05, 3.63) is 41.5 Å². The molecule has 1 amide bonds. The van der Waals surface area contributed by atoms with Crippen LogP contribution in [0.2, 0.25) is 0 Å². The zero-order valence-electron chi connectivity index (χ0n) is 14.8. The van der Waals surface area contributed by atoms with Crippen molar-refractivity contribution in [1.82, 2.24) is 25.1 Å². The van der Waals surface area contributed by atoms with Crippen molar-refractivity contribution in [3.8, 4) is 0 Å². The summed E-state index contributed by atoms with van der Waals surface area (Å²) in [7, 11) is 0. The number of benzene rings is 1. The summed E-state index contributed by atoms with van der Waals surface area (Å²) in [5.41, 5.74) is 0.0784. The number of likely N-dealkylation sites (tertiary alicyclic amines) is 1. The molecule has 1 saturated heterocycles. The molecular weight excluding hydrogens is 321 g/mol. The van der Waals surface area contributed by atoms with Crippen LogP contribution in [-0.4, -0.2) is 37.6 Å². The van der Waals surface area contributed by atoms with Crippen molar-refractivity contribution in [2.75, 3.05) is 6.54 Å². The van der Waals surface area contributed by atoms with Gasteiger partial charge in [-0.2, -0.15) is 0 Å². The Morgan fingerprint density at radius 2 is 2.08 bits per heavy atom. The summed E-state index contributed by atoms with van der Waals surface area (Å²) in [6.45, 7) is 5.32.